The molecule has 2 aromatic rings. The summed E-state index contributed by atoms with van der Waals surface area (Å²) in [6.07, 6.45) is 2.84. The molecule has 0 saturated carbocycles. The van der Waals surface area contributed by atoms with Crippen LogP contribution in [0.4, 0.5) is 0 Å². The van der Waals surface area contributed by atoms with Crippen molar-refractivity contribution in [1.29, 1.82) is 0 Å². The number of hydrogen-bond acceptors (Lipinski definition) is 4. The highest BCUT2D eigenvalue weighted by Gasteiger charge is 2.13. The van der Waals surface area contributed by atoms with Gasteiger partial charge in [0, 0.05) is 17.3 Å². The molecule has 0 bridgehead atoms. The summed E-state index contributed by atoms with van der Waals surface area (Å²) in [5, 5.41) is 10.8. The van der Waals surface area contributed by atoms with Crippen LogP contribution < -0.4 is 5.32 Å². The molecule has 0 spiro atoms. The van der Waals surface area contributed by atoms with Crippen LogP contribution in [0, 0.1) is 13.8 Å². The van der Waals surface area contributed by atoms with Gasteiger partial charge in [0.25, 0.3) is 0 Å². The minimum atomic E-state index is 0.945. The molecule has 0 saturated heterocycles. The van der Waals surface area contributed by atoms with Crippen LogP contribution in [-0.2, 0) is 6.42 Å². The van der Waals surface area contributed by atoms with Gasteiger partial charge in [0.15, 0.2) is 0 Å². The number of aryl methyl sites for hydroxylation is 1. The summed E-state index contributed by atoms with van der Waals surface area (Å²) in [6, 6.07) is 0. The Morgan fingerprint density at radius 2 is 2.24 bits per heavy atom. The lowest BCUT2D eigenvalue weighted by atomic mass is 10.1. The summed E-state index contributed by atoms with van der Waals surface area (Å²) in [7, 11) is 0. The number of nitrogens with zero attached hydrogens (tertiary/aromatic N) is 3. The van der Waals surface area contributed by atoms with Crippen LogP contribution in [0.15, 0.2) is 11.6 Å². The van der Waals surface area contributed by atoms with Crippen LogP contribution in [0.5, 0.6) is 0 Å². The van der Waals surface area contributed by atoms with Gasteiger partial charge in [-0.15, -0.1) is 11.3 Å². The number of aromatic nitrogens is 3. The maximum absolute atomic E-state index is 4.57. The zero-order chi connectivity index (χ0) is 12.3. The summed E-state index contributed by atoms with van der Waals surface area (Å²) >= 11 is 1.61. The van der Waals surface area contributed by atoms with E-state index in [1.165, 1.54) is 11.3 Å². The lowest BCUT2D eigenvalue weighted by Gasteiger charge is -2.03. The van der Waals surface area contributed by atoms with E-state index < -0.39 is 0 Å². The topological polar surface area (TPSA) is 42.7 Å². The van der Waals surface area contributed by atoms with Crippen molar-refractivity contribution in [2.24, 2.45) is 0 Å². The SMILES string of the molecule is CCNCCc1c(C)nn(-c2nccs2)c1C. The summed E-state index contributed by atoms with van der Waals surface area (Å²) in [4.78, 5) is 4.30. The maximum Gasteiger partial charge on any atom is 0.210 e. The van der Waals surface area contributed by atoms with Crippen molar-refractivity contribution < 1.29 is 0 Å². The van der Waals surface area contributed by atoms with Crippen molar-refractivity contribution in [2.45, 2.75) is 27.2 Å². The van der Waals surface area contributed by atoms with Crippen molar-refractivity contribution in [3.8, 4) is 5.13 Å². The van der Waals surface area contributed by atoms with Crippen LogP contribution >= 0.6 is 11.3 Å². The molecule has 0 aliphatic carbocycles. The first-order chi connectivity index (χ1) is 8.24. The Balaban J connectivity index is 2.23. The van der Waals surface area contributed by atoms with Gasteiger partial charge in [-0.25, -0.2) is 9.67 Å². The normalized spacial score (nSPS) is 11.0. The minimum Gasteiger partial charge on any atom is -0.317 e. The lowest BCUT2D eigenvalue weighted by Crippen LogP contribution is -2.16. The van der Waals surface area contributed by atoms with Crippen molar-refractivity contribution >= 4 is 11.3 Å². The minimum absolute atomic E-state index is 0.945. The average molecular weight is 250 g/mol. The van der Waals surface area contributed by atoms with Crippen molar-refractivity contribution in [1.82, 2.24) is 20.1 Å². The van der Waals surface area contributed by atoms with Crippen molar-refractivity contribution in [2.75, 3.05) is 13.1 Å². The van der Waals surface area contributed by atoms with E-state index in [2.05, 4.69) is 36.2 Å². The first kappa shape index (κ1) is 12.3. The lowest BCUT2D eigenvalue weighted by molar-refractivity contribution is 0.712. The van der Waals surface area contributed by atoms with E-state index in [1.807, 2.05) is 16.3 Å². The predicted molar refractivity (Wildman–Crippen MR) is 71.0 cm³/mol. The van der Waals surface area contributed by atoms with Crippen LogP contribution in [0.2, 0.25) is 0 Å². The molecule has 2 rings (SSSR count). The highest BCUT2D eigenvalue weighted by Crippen LogP contribution is 2.19. The van der Waals surface area contributed by atoms with E-state index >= 15 is 0 Å². The molecule has 0 amide bonds. The zero-order valence-electron chi connectivity index (χ0n) is 10.5. The van der Waals surface area contributed by atoms with E-state index in [1.54, 1.807) is 11.3 Å². The molecule has 17 heavy (non-hydrogen) atoms. The largest absolute Gasteiger partial charge is 0.317 e. The molecular weight excluding hydrogens is 232 g/mol. The van der Waals surface area contributed by atoms with Crippen LogP contribution in [0.25, 0.3) is 5.13 Å². The smallest absolute Gasteiger partial charge is 0.210 e. The number of hydrogen-bond donors (Lipinski definition) is 1. The molecule has 2 aromatic heterocycles. The summed E-state index contributed by atoms with van der Waals surface area (Å²) < 4.78 is 1.95. The summed E-state index contributed by atoms with van der Waals surface area (Å²) in [5.74, 6) is 0. The van der Waals surface area contributed by atoms with E-state index in [9.17, 15) is 0 Å². The van der Waals surface area contributed by atoms with Gasteiger partial charge in [-0.2, -0.15) is 5.10 Å². The zero-order valence-corrected chi connectivity index (χ0v) is 11.3. The first-order valence-electron chi connectivity index (χ1n) is 5.89. The van der Waals surface area contributed by atoms with Crippen LogP contribution in [0.1, 0.15) is 23.9 Å². The Bertz CT molecular complexity index is 473. The van der Waals surface area contributed by atoms with Gasteiger partial charge in [0.1, 0.15) is 0 Å². The second-order valence-electron chi connectivity index (χ2n) is 3.98. The van der Waals surface area contributed by atoms with Crippen molar-refractivity contribution in [3.63, 3.8) is 0 Å². The fourth-order valence-electron chi connectivity index (χ4n) is 1.93. The third-order valence-corrected chi connectivity index (χ3v) is 3.59. The van der Waals surface area contributed by atoms with Gasteiger partial charge in [-0.1, -0.05) is 6.92 Å². The quantitative estimate of drug-likeness (QED) is 0.826. The third-order valence-electron chi connectivity index (χ3n) is 2.84. The molecule has 92 valence electrons. The summed E-state index contributed by atoms with van der Waals surface area (Å²) in [5.41, 5.74) is 3.65. The fourth-order valence-corrected chi connectivity index (χ4v) is 2.58. The Morgan fingerprint density at radius 1 is 1.41 bits per heavy atom. The summed E-state index contributed by atoms with van der Waals surface area (Å²) in [6.45, 7) is 8.32. The predicted octanol–water partition coefficient (Wildman–Crippen LogP) is 2.10. The third kappa shape index (κ3) is 2.56. The average Bonchev–Trinajstić information content (AvgIpc) is 2.91. The van der Waals surface area contributed by atoms with Gasteiger partial charge in [0.05, 0.1) is 5.69 Å². The van der Waals surface area contributed by atoms with Gasteiger partial charge in [-0.05, 0) is 38.9 Å². The fraction of sp³-hybridized carbons (Fsp3) is 0.500. The maximum atomic E-state index is 4.57. The standard InChI is InChI=1S/C12H18N4S/c1-4-13-6-5-11-9(2)15-16(10(11)3)12-14-7-8-17-12/h7-8,13H,4-6H2,1-3H3. The Labute approximate surface area is 106 Å². The number of thiazole rings is 1. The Kier molecular flexibility index (Phi) is 3.91. The molecule has 1 N–H and O–H groups in total. The second kappa shape index (κ2) is 5.42. The molecule has 0 aromatic carbocycles. The molecular formula is C12H18N4S. The molecule has 0 radical (unpaired) electrons. The number of likely N-dealkylation sites (N-methyl/N-ethyl adjacent to an activating group) is 1. The van der Waals surface area contributed by atoms with E-state index in [0.717, 1.165) is 30.3 Å². The van der Waals surface area contributed by atoms with Gasteiger partial charge in [-0.3, -0.25) is 0 Å². The van der Waals surface area contributed by atoms with Crippen molar-refractivity contribution in [3.05, 3.63) is 28.5 Å². The van der Waals surface area contributed by atoms with Gasteiger partial charge in [0.2, 0.25) is 5.13 Å². The Morgan fingerprint density at radius 3 is 2.88 bits per heavy atom. The molecule has 0 unspecified atom stereocenters. The highest BCUT2D eigenvalue weighted by molar-refractivity contribution is 7.12. The second-order valence-corrected chi connectivity index (χ2v) is 4.85. The first-order valence-corrected chi connectivity index (χ1v) is 6.77. The molecule has 5 heteroatoms. The molecule has 2 heterocycles. The van der Waals surface area contributed by atoms with Crippen LogP contribution in [0.3, 0.4) is 0 Å². The number of nitrogens with one attached hydrogen (secondary N) is 1. The molecule has 0 aliphatic rings. The van der Waals surface area contributed by atoms with Crippen LogP contribution in [-0.4, -0.2) is 27.9 Å². The monoisotopic (exact) mass is 250 g/mol. The van der Waals surface area contributed by atoms with E-state index in [0.29, 0.717) is 0 Å². The van der Waals surface area contributed by atoms with E-state index in [-0.39, 0.29) is 0 Å². The van der Waals surface area contributed by atoms with E-state index in [4.69, 9.17) is 0 Å². The molecule has 0 atom stereocenters. The highest BCUT2D eigenvalue weighted by atomic mass is 32.1. The Hall–Kier alpha value is -1.20. The number of rotatable bonds is 5. The molecule has 4 nitrogen and oxygen atoms in total. The molecule has 0 fully saturated rings. The molecule has 0 aliphatic heterocycles. The van der Waals surface area contributed by atoms with Gasteiger partial charge < -0.3 is 5.32 Å². The van der Waals surface area contributed by atoms with Gasteiger partial charge >= 0.3 is 0 Å².